The monoisotopic (exact) mass is 226 g/mol. The Morgan fingerprint density at radius 3 is 2.56 bits per heavy atom. The number of nitrogens with zero attached hydrogens (tertiary/aromatic N) is 2. The Hall–Kier alpha value is -1.72. The Kier molecular flexibility index (Phi) is 3.76. The van der Waals surface area contributed by atoms with Crippen molar-refractivity contribution in [3.63, 3.8) is 0 Å². The van der Waals surface area contributed by atoms with Crippen molar-refractivity contribution in [3.8, 4) is 0 Å². The Labute approximate surface area is 93.2 Å². The summed E-state index contributed by atoms with van der Waals surface area (Å²) in [4.78, 5) is 15.3. The molecule has 0 saturated heterocycles. The van der Waals surface area contributed by atoms with Crippen molar-refractivity contribution in [1.29, 1.82) is 0 Å². The topological polar surface area (TPSA) is 70.7 Å². The molecule has 88 valence electrons. The zero-order chi connectivity index (χ0) is 12.3. The van der Waals surface area contributed by atoms with Crippen molar-refractivity contribution in [2.24, 2.45) is 5.92 Å². The summed E-state index contributed by atoms with van der Waals surface area (Å²) >= 11 is 0. The van der Waals surface area contributed by atoms with E-state index in [2.05, 4.69) is 27.1 Å². The molecule has 1 amide bonds. The quantitative estimate of drug-likeness (QED) is 0.762. The largest absolute Gasteiger partial charge is 0.340 e. The van der Waals surface area contributed by atoms with Crippen molar-refractivity contribution < 1.29 is 9.18 Å². The van der Waals surface area contributed by atoms with E-state index < -0.39 is 17.8 Å². The van der Waals surface area contributed by atoms with Crippen molar-refractivity contribution in [2.75, 3.05) is 0 Å². The molecular formula is C10H15FN4O. The van der Waals surface area contributed by atoms with Gasteiger partial charge in [-0.25, -0.2) is 9.37 Å². The van der Waals surface area contributed by atoms with Gasteiger partial charge < -0.3 is 5.32 Å². The van der Waals surface area contributed by atoms with Gasteiger partial charge in [-0.1, -0.05) is 20.4 Å². The average Bonchev–Trinajstić information content (AvgIpc) is 2.59. The van der Waals surface area contributed by atoms with Crippen LogP contribution in [0.5, 0.6) is 0 Å². The predicted molar refractivity (Wildman–Crippen MR) is 57.1 cm³/mol. The van der Waals surface area contributed by atoms with E-state index in [1.807, 2.05) is 13.8 Å². The number of rotatable bonds is 4. The average molecular weight is 226 g/mol. The van der Waals surface area contributed by atoms with Gasteiger partial charge >= 0.3 is 0 Å². The first-order chi connectivity index (χ1) is 7.41. The van der Waals surface area contributed by atoms with E-state index in [0.29, 0.717) is 11.6 Å². The van der Waals surface area contributed by atoms with E-state index in [1.165, 1.54) is 0 Å². The summed E-state index contributed by atoms with van der Waals surface area (Å²) < 4.78 is 12.6. The number of amides is 1. The summed E-state index contributed by atoms with van der Waals surface area (Å²) in [6, 6.07) is -0.426. The number of nitrogens with one attached hydrogen (secondary N) is 2. The van der Waals surface area contributed by atoms with Crippen molar-refractivity contribution in [2.45, 2.75) is 26.8 Å². The molecule has 0 aliphatic carbocycles. The molecule has 0 radical (unpaired) electrons. The maximum atomic E-state index is 12.6. The third kappa shape index (κ3) is 2.88. The van der Waals surface area contributed by atoms with Crippen LogP contribution in [0.2, 0.25) is 0 Å². The molecule has 1 heterocycles. The number of H-pyrrole nitrogens is 1. The van der Waals surface area contributed by atoms with E-state index in [9.17, 15) is 9.18 Å². The molecule has 16 heavy (non-hydrogen) atoms. The standard InChI is InChI=1S/C10H15FN4O/c1-5(2)8(13-10(16)6(3)11)9-12-7(4)14-15-9/h5,8H,3H2,1-2,4H3,(H,13,16)(H,12,14,15). The van der Waals surface area contributed by atoms with Crippen LogP contribution in [0.4, 0.5) is 4.39 Å². The molecule has 0 fully saturated rings. The number of carbonyl (C=O) groups is 1. The van der Waals surface area contributed by atoms with Gasteiger partial charge in [-0.05, 0) is 12.8 Å². The molecule has 1 aromatic rings. The van der Waals surface area contributed by atoms with E-state index in [1.54, 1.807) is 6.92 Å². The van der Waals surface area contributed by atoms with Crippen LogP contribution in [0, 0.1) is 12.8 Å². The third-order valence-electron chi connectivity index (χ3n) is 2.09. The lowest BCUT2D eigenvalue weighted by Crippen LogP contribution is -2.32. The van der Waals surface area contributed by atoms with Crippen LogP contribution in [0.3, 0.4) is 0 Å². The fourth-order valence-corrected chi connectivity index (χ4v) is 1.25. The van der Waals surface area contributed by atoms with Crippen LogP contribution in [0.1, 0.15) is 31.5 Å². The summed E-state index contributed by atoms with van der Waals surface area (Å²) in [5, 5.41) is 9.11. The van der Waals surface area contributed by atoms with Gasteiger partial charge in [0.05, 0.1) is 6.04 Å². The zero-order valence-corrected chi connectivity index (χ0v) is 9.54. The molecule has 0 saturated carbocycles. The Morgan fingerprint density at radius 2 is 2.19 bits per heavy atom. The van der Waals surface area contributed by atoms with Crippen molar-refractivity contribution in [3.05, 3.63) is 24.1 Å². The summed E-state index contributed by atoms with van der Waals surface area (Å²) in [6.45, 7) is 8.47. The van der Waals surface area contributed by atoms with Crippen LogP contribution >= 0.6 is 0 Å². The fourth-order valence-electron chi connectivity index (χ4n) is 1.25. The van der Waals surface area contributed by atoms with Crippen molar-refractivity contribution in [1.82, 2.24) is 20.5 Å². The smallest absolute Gasteiger partial charge is 0.279 e. The normalized spacial score (nSPS) is 12.6. The van der Waals surface area contributed by atoms with Crippen molar-refractivity contribution >= 4 is 5.91 Å². The molecule has 0 aliphatic rings. The molecular weight excluding hydrogens is 211 g/mol. The number of aryl methyl sites for hydroxylation is 1. The van der Waals surface area contributed by atoms with E-state index in [0.717, 1.165) is 0 Å². The second-order valence-corrected chi connectivity index (χ2v) is 3.88. The summed E-state index contributed by atoms with van der Waals surface area (Å²) in [5.74, 6) is -0.700. The Balaban J connectivity index is 2.84. The highest BCUT2D eigenvalue weighted by Crippen LogP contribution is 2.18. The summed E-state index contributed by atoms with van der Waals surface area (Å²) in [5.41, 5.74) is 0. The van der Waals surface area contributed by atoms with Gasteiger partial charge in [0.15, 0.2) is 11.7 Å². The van der Waals surface area contributed by atoms with Gasteiger partial charge in [-0.3, -0.25) is 9.89 Å². The molecule has 0 spiro atoms. The molecule has 0 bridgehead atoms. The second-order valence-electron chi connectivity index (χ2n) is 3.88. The first-order valence-electron chi connectivity index (χ1n) is 4.96. The molecule has 6 heteroatoms. The maximum absolute atomic E-state index is 12.6. The number of hydrogen-bond donors (Lipinski definition) is 2. The molecule has 5 nitrogen and oxygen atoms in total. The number of carbonyl (C=O) groups excluding carboxylic acids is 1. The van der Waals surface area contributed by atoms with Crippen LogP contribution in [0.15, 0.2) is 12.4 Å². The maximum Gasteiger partial charge on any atom is 0.279 e. The lowest BCUT2D eigenvalue weighted by Gasteiger charge is -2.18. The number of halogens is 1. The minimum absolute atomic E-state index is 0.0542. The first kappa shape index (κ1) is 12.4. The molecule has 2 N–H and O–H groups in total. The fraction of sp³-hybridized carbons (Fsp3) is 0.500. The van der Waals surface area contributed by atoms with Gasteiger partial charge in [0.2, 0.25) is 0 Å². The number of aromatic amines is 1. The summed E-state index contributed by atoms with van der Waals surface area (Å²) in [7, 11) is 0. The number of aromatic nitrogens is 3. The Bertz CT molecular complexity index is 399. The second kappa shape index (κ2) is 4.87. The molecule has 0 aromatic carbocycles. The molecule has 1 atom stereocenters. The highest BCUT2D eigenvalue weighted by atomic mass is 19.1. The van der Waals surface area contributed by atoms with Crippen LogP contribution in [0.25, 0.3) is 0 Å². The van der Waals surface area contributed by atoms with E-state index >= 15 is 0 Å². The third-order valence-corrected chi connectivity index (χ3v) is 2.09. The first-order valence-corrected chi connectivity index (χ1v) is 4.96. The molecule has 0 aliphatic heterocycles. The van der Waals surface area contributed by atoms with E-state index in [-0.39, 0.29) is 5.92 Å². The SMILES string of the molecule is C=C(F)C(=O)NC(c1n[nH]c(C)n1)C(C)C. The van der Waals surface area contributed by atoms with Gasteiger partial charge in [0.1, 0.15) is 5.82 Å². The minimum atomic E-state index is -1.02. The summed E-state index contributed by atoms with van der Waals surface area (Å²) in [6.07, 6.45) is 0. The van der Waals surface area contributed by atoms with Crippen LogP contribution < -0.4 is 5.32 Å². The molecule has 1 unspecified atom stereocenters. The highest BCUT2D eigenvalue weighted by Gasteiger charge is 2.23. The van der Waals surface area contributed by atoms with E-state index in [4.69, 9.17) is 0 Å². The number of hydrogen-bond acceptors (Lipinski definition) is 3. The highest BCUT2D eigenvalue weighted by molar-refractivity contribution is 5.90. The minimum Gasteiger partial charge on any atom is -0.340 e. The van der Waals surface area contributed by atoms with Gasteiger partial charge in [-0.2, -0.15) is 5.10 Å². The lowest BCUT2D eigenvalue weighted by atomic mass is 10.0. The van der Waals surface area contributed by atoms with Gasteiger partial charge in [0.25, 0.3) is 5.91 Å². The molecule has 1 rings (SSSR count). The van der Waals surface area contributed by atoms with Crippen LogP contribution in [-0.4, -0.2) is 21.1 Å². The predicted octanol–water partition coefficient (Wildman–Crippen LogP) is 1.41. The zero-order valence-electron chi connectivity index (χ0n) is 9.54. The Morgan fingerprint density at radius 1 is 1.56 bits per heavy atom. The lowest BCUT2D eigenvalue weighted by molar-refractivity contribution is -0.120. The van der Waals surface area contributed by atoms with Gasteiger partial charge in [0, 0.05) is 0 Å². The van der Waals surface area contributed by atoms with Crippen LogP contribution in [-0.2, 0) is 4.79 Å². The molecule has 1 aromatic heterocycles. The van der Waals surface area contributed by atoms with Gasteiger partial charge in [-0.15, -0.1) is 0 Å².